The number of hydrogen-bond donors (Lipinski definition) is 0. The molecule has 0 aliphatic carbocycles. The van der Waals surface area contributed by atoms with E-state index >= 15 is 0 Å². The quantitative estimate of drug-likeness (QED) is 0.0377. The van der Waals surface area contributed by atoms with E-state index in [1.165, 1.54) is 48.5 Å². The molecule has 0 saturated carbocycles. The van der Waals surface area contributed by atoms with Crippen LogP contribution >= 0.6 is 0 Å². The van der Waals surface area contributed by atoms with Crippen LogP contribution in [0, 0.1) is 5.41 Å². The van der Waals surface area contributed by atoms with Crippen molar-refractivity contribution in [1.82, 2.24) is 0 Å². The van der Waals surface area contributed by atoms with Crippen LogP contribution in [0.1, 0.15) is 41.4 Å². The van der Waals surface area contributed by atoms with E-state index in [4.69, 9.17) is 38.5 Å². The lowest BCUT2D eigenvalue weighted by Gasteiger charge is -2.30. The van der Waals surface area contributed by atoms with Crippen LogP contribution in [-0.4, -0.2) is 74.9 Å². The zero-order chi connectivity index (χ0) is 56.8. The Morgan fingerprint density at radius 1 is 0.235 bits per heavy atom. The van der Waals surface area contributed by atoms with Gasteiger partial charge in [-0.05, 0) is 68.8 Å². The molecule has 0 aliphatic heterocycles. The van der Waals surface area contributed by atoms with Gasteiger partial charge in [0.2, 0.25) is 0 Å². The summed E-state index contributed by atoms with van der Waals surface area (Å²) in [6, 6.07) is 59.8. The Labute approximate surface area is 460 Å². The number of hydrogen-bond acceptors (Lipinski definition) is 20. The Hall–Kier alpha value is -11.3. The smallest absolute Gasteiger partial charge is 0.431 e. The molecule has 8 rings (SSSR count). The standard InChI is InChI=1S/C61H44O20/c62-53(49-33-17-13-29-45(49)41-21-5-1-6-22-41)74-78-57(66)70-37-61(38-71-58(67)79-75-54(63)50-34-18-14-30-46(50)42-23-7-2-8-24-42,39-72-59(68)80-76-55(64)51-35-19-15-31-47(51)43-25-9-3-10-26-43)40-73-60(69)81-77-56(65)52-36-20-16-32-48(52)44-27-11-4-12-28-44/h1-36H,37-40H2. The largest absolute Gasteiger partial charge is 0.549 e. The van der Waals surface area contributed by atoms with Gasteiger partial charge in [0.25, 0.3) is 0 Å². The lowest BCUT2D eigenvalue weighted by atomic mass is 9.92. The average molecular weight is 1100 g/mol. The molecule has 0 heterocycles. The molecule has 0 atom stereocenters. The van der Waals surface area contributed by atoms with E-state index in [-0.39, 0.29) is 22.3 Å². The molecule has 20 nitrogen and oxygen atoms in total. The van der Waals surface area contributed by atoms with Crippen LogP contribution in [0.15, 0.2) is 218 Å². The summed E-state index contributed by atoms with van der Waals surface area (Å²) >= 11 is 0. The Bertz CT molecular complexity index is 3030. The van der Waals surface area contributed by atoms with Gasteiger partial charge >= 0.3 is 48.5 Å². The molecule has 0 unspecified atom stereocenters. The summed E-state index contributed by atoms with van der Waals surface area (Å²) in [6.45, 7) is -4.57. The molecular formula is C61H44O20. The van der Waals surface area contributed by atoms with Gasteiger partial charge in [0.15, 0.2) is 0 Å². The highest BCUT2D eigenvalue weighted by Gasteiger charge is 2.40. The van der Waals surface area contributed by atoms with Crippen molar-refractivity contribution < 1.29 is 96.4 Å². The fraction of sp³-hybridized carbons (Fsp3) is 0.0820. The van der Waals surface area contributed by atoms with Crippen molar-refractivity contribution in [3.63, 3.8) is 0 Å². The molecule has 408 valence electrons. The van der Waals surface area contributed by atoms with Crippen LogP contribution in [0.5, 0.6) is 0 Å². The normalized spacial score (nSPS) is 10.6. The van der Waals surface area contributed by atoms with E-state index in [0.717, 1.165) is 0 Å². The lowest BCUT2D eigenvalue weighted by Crippen LogP contribution is -2.44. The summed E-state index contributed by atoms with van der Waals surface area (Å²) in [5.74, 6) is -4.54. The first kappa shape index (κ1) is 55.9. The average Bonchev–Trinajstić information content (AvgIpc) is 3.52. The number of ether oxygens (including phenoxy) is 4. The molecule has 20 heteroatoms. The highest BCUT2D eigenvalue weighted by atomic mass is 17.3. The van der Waals surface area contributed by atoms with Gasteiger partial charge in [0, 0.05) is 0 Å². The second kappa shape index (κ2) is 27.7. The molecule has 0 aromatic heterocycles. The first-order valence-corrected chi connectivity index (χ1v) is 24.3. The van der Waals surface area contributed by atoms with Crippen molar-refractivity contribution in [1.29, 1.82) is 0 Å². The highest BCUT2D eigenvalue weighted by molar-refractivity contribution is 5.99. The fourth-order valence-electron chi connectivity index (χ4n) is 7.78. The lowest BCUT2D eigenvalue weighted by molar-refractivity contribution is -0.223. The van der Waals surface area contributed by atoms with E-state index in [2.05, 4.69) is 19.6 Å². The summed E-state index contributed by atoms with van der Waals surface area (Å²) in [4.78, 5) is 144. The van der Waals surface area contributed by atoms with Crippen molar-refractivity contribution >= 4 is 48.5 Å². The summed E-state index contributed by atoms with van der Waals surface area (Å²) in [7, 11) is 0. The Morgan fingerprint density at radius 2 is 0.420 bits per heavy atom. The van der Waals surface area contributed by atoms with E-state index in [0.29, 0.717) is 44.5 Å². The van der Waals surface area contributed by atoms with Crippen LogP contribution in [0.4, 0.5) is 19.2 Å². The molecule has 8 aromatic carbocycles. The molecule has 0 aliphatic rings. The van der Waals surface area contributed by atoms with Crippen molar-refractivity contribution in [2.45, 2.75) is 0 Å². The SMILES string of the molecule is O=C(OCC(COC(=O)OOC(=O)c1ccccc1-c1ccccc1)(COC(=O)OOC(=O)c1ccccc1-c1ccccc1)COC(=O)OOC(=O)c1ccccc1-c1ccccc1)OOC(=O)c1ccccc1-c1ccccc1. The number of carbonyl (C=O) groups excluding carboxylic acids is 8. The summed E-state index contributed by atoms with van der Waals surface area (Å²) < 4.78 is 21.0. The van der Waals surface area contributed by atoms with E-state index in [1.807, 2.05) is 0 Å². The van der Waals surface area contributed by atoms with Gasteiger partial charge in [0.1, 0.15) is 31.8 Å². The van der Waals surface area contributed by atoms with Crippen molar-refractivity contribution in [2.24, 2.45) is 5.41 Å². The maximum absolute atomic E-state index is 13.3. The monoisotopic (exact) mass is 1100 g/mol. The Balaban J connectivity index is 1.00. The Morgan fingerprint density at radius 3 is 0.630 bits per heavy atom. The fourth-order valence-corrected chi connectivity index (χ4v) is 7.78. The summed E-state index contributed by atoms with van der Waals surface area (Å²) in [5, 5.41) is 0. The van der Waals surface area contributed by atoms with Gasteiger partial charge in [0.05, 0.1) is 22.3 Å². The van der Waals surface area contributed by atoms with Crippen molar-refractivity contribution in [2.75, 3.05) is 26.4 Å². The minimum absolute atomic E-state index is 0.0191. The van der Waals surface area contributed by atoms with Crippen LogP contribution in [-0.2, 0) is 58.0 Å². The van der Waals surface area contributed by atoms with Crippen LogP contribution in [0.25, 0.3) is 44.5 Å². The molecule has 81 heavy (non-hydrogen) atoms. The van der Waals surface area contributed by atoms with Crippen molar-refractivity contribution in [3.8, 4) is 44.5 Å². The van der Waals surface area contributed by atoms with Crippen LogP contribution < -0.4 is 0 Å². The first-order valence-electron chi connectivity index (χ1n) is 24.3. The zero-order valence-electron chi connectivity index (χ0n) is 42.3. The maximum atomic E-state index is 13.3. The van der Waals surface area contributed by atoms with E-state index in [1.54, 1.807) is 170 Å². The van der Waals surface area contributed by atoms with Crippen molar-refractivity contribution in [3.05, 3.63) is 241 Å². The second-order valence-electron chi connectivity index (χ2n) is 17.1. The maximum Gasteiger partial charge on any atom is 0.549 e. The van der Waals surface area contributed by atoms with Gasteiger partial charge in [-0.1, -0.05) is 194 Å². The van der Waals surface area contributed by atoms with Crippen LogP contribution in [0.3, 0.4) is 0 Å². The van der Waals surface area contributed by atoms with E-state index < -0.39 is 80.3 Å². The van der Waals surface area contributed by atoms with Crippen LogP contribution in [0.2, 0.25) is 0 Å². The number of carbonyl (C=O) groups is 8. The third kappa shape index (κ3) is 15.4. The molecule has 0 bridgehead atoms. The molecule has 8 aromatic rings. The zero-order valence-corrected chi connectivity index (χ0v) is 42.3. The predicted octanol–water partition coefficient (Wildman–Crippen LogP) is 12.3. The highest BCUT2D eigenvalue weighted by Crippen LogP contribution is 2.29. The minimum atomic E-state index is -2.32. The summed E-state index contributed by atoms with van der Waals surface area (Å²) in [5.41, 5.74) is 1.76. The minimum Gasteiger partial charge on any atom is -0.431 e. The third-order valence-corrected chi connectivity index (χ3v) is 11.7. The molecule has 0 amide bonds. The van der Waals surface area contributed by atoms with Gasteiger partial charge in [-0.2, -0.15) is 19.2 Å². The molecule has 0 N–H and O–H groups in total. The first-order chi connectivity index (χ1) is 39.5. The topological polar surface area (TPSA) is 247 Å². The molecular weight excluding hydrogens is 1050 g/mol. The molecule has 0 spiro atoms. The Kier molecular flexibility index (Phi) is 19.1. The summed E-state index contributed by atoms with van der Waals surface area (Å²) in [6.07, 6.45) is -6.89. The molecule has 0 radical (unpaired) electrons. The third-order valence-electron chi connectivity index (χ3n) is 11.7. The van der Waals surface area contributed by atoms with E-state index in [9.17, 15) is 38.4 Å². The van der Waals surface area contributed by atoms with Gasteiger partial charge in [-0.15, -0.1) is 0 Å². The predicted molar refractivity (Wildman–Crippen MR) is 281 cm³/mol. The second-order valence-corrected chi connectivity index (χ2v) is 17.1. The van der Waals surface area contributed by atoms with Gasteiger partial charge in [-0.25, -0.2) is 58.3 Å². The molecule has 0 fully saturated rings. The number of rotatable bonds is 16. The van der Waals surface area contributed by atoms with Gasteiger partial charge in [-0.3, -0.25) is 0 Å². The number of benzene rings is 8. The molecule has 0 saturated heterocycles. The van der Waals surface area contributed by atoms with Gasteiger partial charge < -0.3 is 18.9 Å².